The Kier molecular flexibility index (Phi) is 8.21. The summed E-state index contributed by atoms with van der Waals surface area (Å²) in [5.41, 5.74) is 0.844. The molecule has 1 aliphatic heterocycles. The van der Waals surface area contributed by atoms with Crippen LogP contribution < -0.4 is 20.7 Å². The smallest absolute Gasteiger partial charge is 0.273 e. The molecule has 9 nitrogen and oxygen atoms in total. The summed E-state index contributed by atoms with van der Waals surface area (Å²) in [4.78, 5) is 24.2. The number of piperidine rings is 1. The van der Waals surface area contributed by atoms with Crippen molar-refractivity contribution in [2.24, 2.45) is 0 Å². The molecule has 2 heterocycles. The second-order valence-electron chi connectivity index (χ2n) is 6.25. The Balaban J connectivity index is 0.00000280. The SMILES string of the molecule is CCOc1ccc(NC(=O)CNC(=O)c2cn(C3CCNCC3)nn2)cc1.Cl. The van der Waals surface area contributed by atoms with E-state index < -0.39 is 5.91 Å². The lowest BCUT2D eigenvalue weighted by atomic mass is 10.1. The number of anilines is 1. The Morgan fingerprint density at radius 3 is 2.64 bits per heavy atom. The Labute approximate surface area is 169 Å². The van der Waals surface area contributed by atoms with Crippen LogP contribution in [0.5, 0.6) is 5.75 Å². The molecule has 0 radical (unpaired) electrons. The zero-order chi connectivity index (χ0) is 19.1. The highest BCUT2D eigenvalue weighted by Crippen LogP contribution is 2.17. The third kappa shape index (κ3) is 5.93. The average molecular weight is 409 g/mol. The third-order valence-corrected chi connectivity index (χ3v) is 4.28. The zero-order valence-electron chi connectivity index (χ0n) is 15.7. The number of amides is 2. The fourth-order valence-electron chi connectivity index (χ4n) is 2.89. The van der Waals surface area contributed by atoms with E-state index in [1.54, 1.807) is 35.1 Å². The summed E-state index contributed by atoms with van der Waals surface area (Å²) in [6.45, 7) is 4.20. The Morgan fingerprint density at radius 1 is 1.25 bits per heavy atom. The van der Waals surface area contributed by atoms with Gasteiger partial charge in [-0.1, -0.05) is 5.21 Å². The van der Waals surface area contributed by atoms with Crippen molar-refractivity contribution in [1.82, 2.24) is 25.6 Å². The molecule has 3 N–H and O–H groups in total. The summed E-state index contributed by atoms with van der Waals surface area (Å²) in [7, 11) is 0. The number of hydrogen-bond donors (Lipinski definition) is 3. The summed E-state index contributed by atoms with van der Waals surface area (Å²) in [5.74, 6) is -0.00378. The van der Waals surface area contributed by atoms with Gasteiger partial charge >= 0.3 is 0 Å². The molecule has 1 fully saturated rings. The maximum atomic E-state index is 12.2. The predicted molar refractivity (Wildman–Crippen MR) is 107 cm³/mol. The van der Waals surface area contributed by atoms with E-state index in [1.165, 1.54) is 0 Å². The van der Waals surface area contributed by atoms with Crippen LogP contribution >= 0.6 is 12.4 Å². The molecule has 152 valence electrons. The van der Waals surface area contributed by atoms with Crippen LogP contribution in [0, 0.1) is 0 Å². The Bertz CT molecular complexity index is 774. The van der Waals surface area contributed by atoms with Crippen molar-refractivity contribution in [3.05, 3.63) is 36.2 Å². The number of nitrogens with zero attached hydrogens (tertiary/aromatic N) is 3. The van der Waals surface area contributed by atoms with Crippen molar-refractivity contribution in [2.45, 2.75) is 25.8 Å². The van der Waals surface area contributed by atoms with Crippen LogP contribution in [0.25, 0.3) is 0 Å². The third-order valence-electron chi connectivity index (χ3n) is 4.28. The number of carbonyl (C=O) groups is 2. The molecule has 2 aromatic rings. The lowest BCUT2D eigenvalue weighted by Gasteiger charge is -2.22. The topological polar surface area (TPSA) is 110 Å². The monoisotopic (exact) mass is 408 g/mol. The highest BCUT2D eigenvalue weighted by Gasteiger charge is 2.19. The lowest BCUT2D eigenvalue weighted by molar-refractivity contribution is -0.115. The number of carbonyl (C=O) groups excluding carboxylic acids is 2. The van der Waals surface area contributed by atoms with Crippen LogP contribution in [-0.4, -0.2) is 53.0 Å². The first-order valence-electron chi connectivity index (χ1n) is 9.09. The van der Waals surface area contributed by atoms with Crippen molar-refractivity contribution in [1.29, 1.82) is 0 Å². The van der Waals surface area contributed by atoms with E-state index in [2.05, 4.69) is 26.3 Å². The highest BCUT2D eigenvalue weighted by molar-refractivity contribution is 5.98. The number of aromatic nitrogens is 3. The first-order chi connectivity index (χ1) is 13.2. The second kappa shape index (κ2) is 10.6. The van der Waals surface area contributed by atoms with Crippen molar-refractivity contribution >= 4 is 29.9 Å². The van der Waals surface area contributed by atoms with E-state index in [0.29, 0.717) is 12.3 Å². The van der Waals surface area contributed by atoms with Crippen LogP contribution in [0.1, 0.15) is 36.3 Å². The molecule has 0 bridgehead atoms. The molecule has 10 heteroatoms. The van der Waals surface area contributed by atoms with Gasteiger partial charge in [0.2, 0.25) is 5.91 Å². The quantitative estimate of drug-likeness (QED) is 0.638. The van der Waals surface area contributed by atoms with Gasteiger partial charge < -0.3 is 20.7 Å². The van der Waals surface area contributed by atoms with Crippen LogP contribution in [0.4, 0.5) is 5.69 Å². The molecule has 28 heavy (non-hydrogen) atoms. The van der Waals surface area contributed by atoms with Gasteiger partial charge in [-0.05, 0) is 57.1 Å². The van der Waals surface area contributed by atoms with Crippen molar-refractivity contribution in [3.8, 4) is 5.75 Å². The molecule has 1 aromatic heterocycles. The number of rotatable bonds is 7. The standard InChI is InChI=1S/C18H24N6O3.ClH/c1-2-27-15-5-3-13(4-6-15)21-17(25)11-20-18(26)16-12-24(23-22-16)14-7-9-19-10-8-14;/h3-6,12,14,19H,2,7-11H2,1H3,(H,20,26)(H,21,25);1H. The minimum atomic E-state index is -0.419. The molecule has 3 rings (SSSR count). The highest BCUT2D eigenvalue weighted by atomic mass is 35.5. The van der Waals surface area contributed by atoms with Gasteiger partial charge in [0.15, 0.2) is 5.69 Å². The first kappa shape index (κ1) is 21.6. The maximum absolute atomic E-state index is 12.2. The van der Waals surface area contributed by atoms with Crippen LogP contribution in [-0.2, 0) is 4.79 Å². The summed E-state index contributed by atoms with van der Waals surface area (Å²) in [5, 5.41) is 16.5. The number of halogens is 1. The van der Waals surface area contributed by atoms with Gasteiger partial charge in [-0.25, -0.2) is 4.68 Å². The second-order valence-corrected chi connectivity index (χ2v) is 6.25. The van der Waals surface area contributed by atoms with Gasteiger partial charge in [0, 0.05) is 5.69 Å². The lowest BCUT2D eigenvalue weighted by Crippen LogP contribution is -2.33. The number of benzene rings is 1. The average Bonchev–Trinajstić information content (AvgIpc) is 3.19. The fraction of sp³-hybridized carbons (Fsp3) is 0.444. The first-order valence-corrected chi connectivity index (χ1v) is 9.09. The van der Waals surface area contributed by atoms with Gasteiger partial charge in [-0.2, -0.15) is 0 Å². The molecule has 0 unspecified atom stereocenters. The van der Waals surface area contributed by atoms with Crippen LogP contribution in [0.2, 0.25) is 0 Å². The number of ether oxygens (including phenoxy) is 1. The predicted octanol–water partition coefficient (Wildman–Crippen LogP) is 1.39. The molecule has 2 amide bonds. The van der Waals surface area contributed by atoms with E-state index in [-0.39, 0.29) is 36.6 Å². The minimum absolute atomic E-state index is 0. The van der Waals surface area contributed by atoms with E-state index in [9.17, 15) is 9.59 Å². The molecule has 1 aliphatic rings. The van der Waals surface area contributed by atoms with Crippen molar-refractivity contribution in [3.63, 3.8) is 0 Å². The minimum Gasteiger partial charge on any atom is -0.494 e. The van der Waals surface area contributed by atoms with Crippen LogP contribution in [0.3, 0.4) is 0 Å². The number of hydrogen-bond acceptors (Lipinski definition) is 6. The molecule has 0 spiro atoms. The molecule has 0 aliphatic carbocycles. The summed E-state index contributed by atoms with van der Waals surface area (Å²) < 4.78 is 7.08. The molecular formula is C18H25ClN6O3. The van der Waals surface area contributed by atoms with Gasteiger partial charge in [0.05, 0.1) is 25.4 Å². The van der Waals surface area contributed by atoms with Gasteiger partial charge in [-0.15, -0.1) is 17.5 Å². The van der Waals surface area contributed by atoms with E-state index in [4.69, 9.17) is 4.74 Å². The van der Waals surface area contributed by atoms with E-state index in [0.717, 1.165) is 31.7 Å². The van der Waals surface area contributed by atoms with E-state index in [1.807, 2.05) is 6.92 Å². The molecular weight excluding hydrogens is 384 g/mol. The number of nitrogens with one attached hydrogen (secondary N) is 3. The van der Waals surface area contributed by atoms with Gasteiger partial charge in [-0.3, -0.25) is 9.59 Å². The Hall–Kier alpha value is -2.65. The summed E-state index contributed by atoms with van der Waals surface area (Å²) in [6, 6.07) is 7.29. The molecule has 1 saturated heterocycles. The largest absolute Gasteiger partial charge is 0.494 e. The van der Waals surface area contributed by atoms with Gasteiger partial charge in [0.25, 0.3) is 5.91 Å². The molecule has 0 saturated carbocycles. The van der Waals surface area contributed by atoms with Crippen molar-refractivity contribution < 1.29 is 14.3 Å². The van der Waals surface area contributed by atoms with Crippen LogP contribution in [0.15, 0.2) is 30.5 Å². The van der Waals surface area contributed by atoms with Crippen molar-refractivity contribution in [2.75, 3.05) is 31.6 Å². The maximum Gasteiger partial charge on any atom is 0.273 e. The molecule has 0 atom stereocenters. The molecule has 1 aromatic carbocycles. The summed E-state index contributed by atoms with van der Waals surface area (Å²) >= 11 is 0. The fourth-order valence-corrected chi connectivity index (χ4v) is 2.89. The van der Waals surface area contributed by atoms with Gasteiger partial charge in [0.1, 0.15) is 5.75 Å². The zero-order valence-corrected chi connectivity index (χ0v) is 16.5. The summed E-state index contributed by atoms with van der Waals surface area (Å²) in [6.07, 6.45) is 3.54. The van der Waals surface area contributed by atoms with E-state index >= 15 is 0 Å². The normalized spacial score (nSPS) is 14.0. The Morgan fingerprint density at radius 2 is 1.96 bits per heavy atom.